The van der Waals surface area contributed by atoms with Gasteiger partial charge in [-0.25, -0.2) is 14.0 Å². The Kier molecular flexibility index (Phi) is 8.19. The van der Waals surface area contributed by atoms with Crippen LogP contribution in [-0.2, 0) is 23.8 Å². The fraction of sp³-hybridized carbons (Fsp3) is 0.250. The van der Waals surface area contributed by atoms with Gasteiger partial charge in [-0.3, -0.25) is 4.18 Å². The van der Waals surface area contributed by atoms with E-state index in [1.807, 2.05) is 0 Å². The van der Waals surface area contributed by atoms with Crippen molar-refractivity contribution in [2.45, 2.75) is 18.4 Å². The highest BCUT2D eigenvalue weighted by molar-refractivity contribution is 7.86. The number of carbonyl (C=O) groups is 2. The summed E-state index contributed by atoms with van der Waals surface area (Å²) in [6.07, 6.45) is -4.72. The molecule has 0 unspecified atom stereocenters. The first-order chi connectivity index (χ1) is 14.2. The Hall–Kier alpha value is -3.11. The number of hydrogen-bond donors (Lipinski definition) is 1. The Morgan fingerprint density at radius 2 is 1.50 bits per heavy atom. The molecule has 0 aliphatic rings. The molecule has 0 spiro atoms. The van der Waals surface area contributed by atoms with Crippen molar-refractivity contribution < 1.29 is 36.1 Å². The quantitative estimate of drug-likeness (QED) is 0.344. The van der Waals surface area contributed by atoms with Crippen molar-refractivity contribution in [3.05, 3.63) is 71.8 Å². The summed E-state index contributed by atoms with van der Waals surface area (Å²) in [5.74, 6) is -1.77. The largest absolute Gasteiger partial charge is 0.459 e. The molecule has 2 aromatic rings. The maximum atomic E-state index is 14.4. The average Bonchev–Trinajstić information content (AvgIpc) is 2.74. The van der Waals surface area contributed by atoms with Crippen LogP contribution < -0.4 is 0 Å². The molecule has 3 atom stereocenters. The summed E-state index contributed by atoms with van der Waals surface area (Å²) in [5.41, 5.74) is 0.261. The van der Waals surface area contributed by atoms with Crippen LogP contribution in [-0.4, -0.2) is 57.8 Å². The van der Waals surface area contributed by atoms with Crippen molar-refractivity contribution in [3.63, 3.8) is 0 Å². The average molecular weight is 437 g/mol. The van der Waals surface area contributed by atoms with Crippen molar-refractivity contribution in [1.82, 2.24) is 0 Å². The number of esters is 2. The molecule has 2 rings (SSSR count). The highest BCUT2D eigenvalue weighted by Gasteiger charge is 2.37. The molecule has 2 aromatic carbocycles. The van der Waals surface area contributed by atoms with Crippen molar-refractivity contribution in [1.29, 1.82) is 5.41 Å². The maximum Gasteiger partial charge on any atom is 0.338 e. The van der Waals surface area contributed by atoms with Crippen molar-refractivity contribution >= 4 is 28.3 Å². The molecule has 0 aromatic heterocycles. The minimum absolute atomic E-state index is 0.0825. The van der Waals surface area contributed by atoms with Crippen LogP contribution >= 0.6 is 0 Å². The number of ether oxygens (including phenoxy) is 2. The van der Waals surface area contributed by atoms with Gasteiger partial charge in [0.2, 0.25) is 0 Å². The SMILES string of the molecule is CS(=O)(=O)O[C@H](COC(=O)c1ccccc1)[C@@H](OC(=O)c1ccccc1)[C@H](F)C=N. The highest BCUT2D eigenvalue weighted by atomic mass is 32.2. The van der Waals surface area contributed by atoms with E-state index in [0.717, 1.165) is 0 Å². The van der Waals surface area contributed by atoms with Gasteiger partial charge >= 0.3 is 11.9 Å². The molecule has 0 fully saturated rings. The Bertz CT molecular complexity index is 967. The maximum absolute atomic E-state index is 14.4. The van der Waals surface area contributed by atoms with Gasteiger partial charge < -0.3 is 14.9 Å². The second-order valence-electron chi connectivity index (χ2n) is 6.15. The number of nitrogens with one attached hydrogen (secondary N) is 1. The van der Waals surface area contributed by atoms with E-state index in [4.69, 9.17) is 19.1 Å². The van der Waals surface area contributed by atoms with E-state index in [9.17, 15) is 22.4 Å². The van der Waals surface area contributed by atoms with E-state index >= 15 is 0 Å². The Balaban J connectivity index is 2.23. The van der Waals surface area contributed by atoms with E-state index < -0.39 is 47.0 Å². The third-order valence-electron chi connectivity index (χ3n) is 3.78. The predicted octanol–water partition coefficient (Wildman–Crippen LogP) is 2.40. The second kappa shape index (κ2) is 10.6. The van der Waals surface area contributed by atoms with Gasteiger partial charge in [-0.05, 0) is 24.3 Å². The molecule has 30 heavy (non-hydrogen) atoms. The molecule has 8 nitrogen and oxygen atoms in total. The smallest absolute Gasteiger partial charge is 0.338 e. The molecular weight excluding hydrogens is 417 g/mol. The van der Waals surface area contributed by atoms with Crippen LogP contribution in [0.4, 0.5) is 4.39 Å². The zero-order chi connectivity index (χ0) is 22.1. The van der Waals surface area contributed by atoms with Crippen LogP contribution in [0.15, 0.2) is 60.7 Å². The first kappa shape index (κ1) is 23.2. The van der Waals surface area contributed by atoms with Gasteiger partial charge in [0.05, 0.1) is 17.4 Å². The van der Waals surface area contributed by atoms with Gasteiger partial charge in [-0.15, -0.1) is 0 Å². The molecule has 0 radical (unpaired) electrons. The van der Waals surface area contributed by atoms with Gasteiger partial charge in [0.15, 0.2) is 18.4 Å². The predicted molar refractivity (Wildman–Crippen MR) is 106 cm³/mol. The number of rotatable bonds is 10. The second-order valence-corrected chi connectivity index (χ2v) is 7.75. The van der Waals surface area contributed by atoms with E-state index in [1.54, 1.807) is 36.4 Å². The third kappa shape index (κ3) is 7.05. The summed E-state index contributed by atoms with van der Waals surface area (Å²) < 4.78 is 52.6. The van der Waals surface area contributed by atoms with E-state index in [1.165, 1.54) is 24.3 Å². The van der Waals surface area contributed by atoms with Crippen LogP contribution in [0.3, 0.4) is 0 Å². The number of hydrogen-bond acceptors (Lipinski definition) is 8. The van der Waals surface area contributed by atoms with Crippen LogP contribution in [0, 0.1) is 5.41 Å². The number of alkyl halides is 1. The summed E-state index contributed by atoms with van der Waals surface area (Å²) in [5, 5.41) is 7.16. The lowest BCUT2D eigenvalue weighted by atomic mass is 10.1. The first-order valence-corrected chi connectivity index (χ1v) is 10.5. The van der Waals surface area contributed by atoms with Crippen LogP contribution in [0.1, 0.15) is 20.7 Å². The Morgan fingerprint density at radius 3 is 1.97 bits per heavy atom. The monoisotopic (exact) mass is 437 g/mol. The summed E-state index contributed by atoms with van der Waals surface area (Å²) in [6, 6.07) is 15.4. The number of benzene rings is 2. The fourth-order valence-corrected chi connectivity index (χ4v) is 3.04. The normalized spacial score (nSPS) is 14.2. The van der Waals surface area contributed by atoms with Crippen LogP contribution in [0.5, 0.6) is 0 Å². The first-order valence-electron chi connectivity index (χ1n) is 8.72. The van der Waals surface area contributed by atoms with Gasteiger partial charge in [0.25, 0.3) is 10.1 Å². The number of halogens is 1. The van der Waals surface area contributed by atoms with Gasteiger partial charge in [-0.1, -0.05) is 36.4 Å². The van der Waals surface area contributed by atoms with Crippen LogP contribution in [0.25, 0.3) is 0 Å². The zero-order valence-corrected chi connectivity index (χ0v) is 16.8. The van der Waals surface area contributed by atoms with Gasteiger partial charge in [0, 0.05) is 6.21 Å². The lowest BCUT2D eigenvalue weighted by Gasteiger charge is -2.27. The minimum atomic E-state index is -4.15. The zero-order valence-electron chi connectivity index (χ0n) is 15.9. The molecule has 1 N–H and O–H groups in total. The summed E-state index contributed by atoms with van der Waals surface area (Å²) in [6.45, 7) is -0.734. The summed E-state index contributed by atoms with van der Waals surface area (Å²) in [7, 11) is -4.15. The molecule has 0 aliphatic carbocycles. The van der Waals surface area contributed by atoms with Crippen molar-refractivity contribution in [3.8, 4) is 0 Å². The lowest BCUT2D eigenvalue weighted by Crippen LogP contribution is -2.45. The Morgan fingerprint density at radius 1 is 1.00 bits per heavy atom. The van der Waals surface area contributed by atoms with E-state index in [2.05, 4.69) is 0 Å². The Labute approximate surface area is 173 Å². The molecule has 0 amide bonds. The molecule has 10 heteroatoms. The van der Waals surface area contributed by atoms with Gasteiger partial charge in [-0.2, -0.15) is 8.42 Å². The molecular formula is C20H20FNO7S. The molecule has 0 aliphatic heterocycles. The highest BCUT2D eigenvalue weighted by Crippen LogP contribution is 2.17. The van der Waals surface area contributed by atoms with Gasteiger partial charge in [0.1, 0.15) is 6.61 Å². The minimum Gasteiger partial charge on any atom is -0.459 e. The van der Waals surface area contributed by atoms with Crippen molar-refractivity contribution in [2.75, 3.05) is 12.9 Å². The molecule has 160 valence electrons. The fourth-order valence-electron chi connectivity index (χ4n) is 2.42. The third-order valence-corrected chi connectivity index (χ3v) is 4.38. The van der Waals surface area contributed by atoms with Crippen LogP contribution in [0.2, 0.25) is 0 Å². The molecule has 0 saturated heterocycles. The number of carbonyl (C=O) groups excluding carboxylic acids is 2. The van der Waals surface area contributed by atoms with E-state index in [0.29, 0.717) is 12.5 Å². The lowest BCUT2D eigenvalue weighted by molar-refractivity contribution is -0.0472. The standard InChI is InChI=1S/C20H20FNO7S/c1-30(25,26)29-17(13-27-19(23)14-8-4-2-5-9-14)18(16(21)12-22)28-20(24)15-10-6-3-7-11-15/h2-12,16-18,22H,13H2,1H3/t16-,17-,18+/m1/s1. The summed E-state index contributed by atoms with van der Waals surface area (Å²) >= 11 is 0. The van der Waals surface area contributed by atoms with E-state index in [-0.39, 0.29) is 11.1 Å². The summed E-state index contributed by atoms with van der Waals surface area (Å²) in [4.78, 5) is 24.5. The van der Waals surface area contributed by atoms with Crippen molar-refractivity contribution in [2.24, 2.45) is 0 Å². The molecule has 0 heterocycles. The molecule has 0 saturated carbocycles. The topological polar surface area (TPSA) is 120 Å². The molecule has 0 bridgehead atoms.